The Bertz CT molecular complexity index is 1100. The molecule has 0 saturated carbocycles. The van der Waals surface area contributed by atoms with Crippen LogP contribution in [0.25, 0.3) is 22.0 Å². The zero-order valence-electron chi connectivity index (χ0n) is 15.8. The molecule has 2 aromatic heterocycles. The third kappa shape index (κ3) is 3.01. The van der Waals surface area contributed by atoms with Gasteiger partial charge in [-0.3, -0.25) is 0 Å². The third-order valence-electron chi connectivity index (χ3n) is 5.85. The Kier molecular flexibility index (Phi) is 4.37. The Morgan fingerprint density at radius 1 is 1.34 bits per heavy atom. The molecule has 5 rings (SSSR count). The molecule has 2 N–H and O–H groups in total. The largest absolute Gasteiger partial charge is 0.480 e. The maximum Gasteiger partial charge on any atom is 0.337 e. The number of aromatic carboxylic acids is 1. The van der Waals surface area contributed by atoms with E-state index in [0.29, 0.717) is 33.3 Å². The lowest BCUT2D eigenvalue weighted by atomic mass is 10.0. The van der Waals surface area contributed by atoms with Crippen LogP contribution in [0.2, 0.25) is 5.02 Å². The number of benzene rings is 1. The SMILES string of the molecule is COc1nc(N2CC3CCOC3C2)ccc1-c1cc2c(C(=O)O)c[nH]c2cc1Cl. The molecule has 8 heteroatoms. The van der Waals surface area contributed by atoms with Gasteiger partial charge in [0.1, 0.15) is 5.82 Å². The van der Waals surface area contributed by atoms with E-state index >= 15 is 0 Å². The lowest BCUT2D eigenvalue weighted by Gasteiger charge is -2.20. The lowest BCUT2D eigenvalue weighted by molar-refractivity contribution is 0.0699. The summed E-state index contributed by atoms with van der Waals surface area (Å²) in [7, 11) is 1.57. The van der Waals surface area contributed by atoms with Gasteiger partial charge in [0, 0.05) is 53.8 Å². The number of carboxylic acid groups (broad SMARTS) is 1. The van der Waals surface area contributed by atoms with E-state index in [9.17, 15) is 9.90 Å². The van der Waals surface area contributed by atoms with Crippen LogP contribution < -0.4 is 9.64 Å². The van der Waals surface area contributed by atoms with Gasteiger partial charge >= 0.3 is 5.97 Å². The Labute approximate surface area is 172 Å². The highest BCUT2D eigenvalue weighted by molar-refractivity contribution is 6.34. The molecule has 29 heavy (non-hydrogen) atoms. The molecule has 4 heterocycles. The maximum atomic E-state index is 11.5. The van der Waals surface area contributed by atoms with Crippen LogP contribution in [0.4, 0.5) is 5.82 Å². The van der Waals surface area contributed by atoms with Crippen molar-refractivity contribution in [1.82, 2.24) is 9.97 Å². The first-order valence-electron chi connectivity index (χ1n) is 9.51. The number of ether oxygens (including phenoxy) is 2. The summed E-state index contributed by atoms with van der Waals surface area (Å²) in [6.07, 6.45) is 2.84. The van der Waals surface area contributed by atoms with Gasteiger partial charge in [-0.1, -0.05) is 11.6 Å². The predicted octanol–water partition coefficient (Wildman–Crippen LogP) is 3.82. The van der Waals surface area contributed by atoms with E-state index in [1.165, 1.54) is 6.20 Å². The second-order valence-electron chi connectivity index (χ2n) is 7.47. The summed E-state index contributed by atoms with van der Waals surface area (Å²) in [6, 6.07) is 7.38. The molecule has 2 atom stereocenters. The van der Waals surface area contributed by atoms with Gasteiger partial charge in [-0.15, -0.1) is 0 Å². The number of hydrogen-bond acceptors (Lipinski definition) is 5. The zero-order valence-corrected chi connectivity index (χ0v) is 16.6. The Balaban J connectivity index is 1.55. The monoisotopic (exact) mass is 413 g/mol. The van der Waals surface area contributed by atoms with Crippen molar-refractivity contribution in [3.05, 3.63) is 41.0 Å². The van der Waals surface area contributed by atoms with Crippen molar-refractivity contribution < 1.29 is 19.4 Å². The van der Waals surface area contributed by atoms with Crippen molar-refractivity contribution in [3.8, 4) is 17.0 Å². The Hall–Kier alpha value is -2.77. The fourth-order valence-corrected chi connectivity index (χ4v) is 4.62. The average Bonchev–Trinajstić information content (AvgIpc) is 3.41. The predicted molar refractivity (Wildman–Crippen MR) is 110 cm³/mol. The van der Waals surface area contributed by atoms with Gasteiger partial charge in [0.05, 0.1) is 23.8 Å². The quantitative estimate of drug-likeness (QED) is 0.676. The smallest absolute Gasteiger partial charge is 0.337 e. The highest BCUT2D eigenvalue weighted by atomic mass is 35.5. The number of carbonyl (C=O) groups is 1. The van der Waals surface area contributed by atoms with Crippen LogP contribution in [0.5, 0.6) is 5.88 Å². The minimum atomic E-state index is -0.994. The minimum Gasteiger partial charge on any atom is -0.480 e. The number of halogens is 1. The number of pyridine rings is 1. The van der Waals surface area contributed by atoms with Crippen LogP contribution in [0.1, 0.15) is 16.8 Å². The summed E-state index contributed by atoms with van der Waals surface area (Å²) < 4.78 is 11.4. The fraction of sp³-hybridized carbons (Fsp3) is 0.333. The highest BCUT2D eigenvalue weighted by Gasteiger charge is 2.38. The summed E-state index contributed by atoms with van der Waals surface area (Å²) in [5.41, 5.74) is 2.27. The van der Waals surface area contributed by atoms with E-state index in [-0.39, 0.29) is 11.7 Å². The molecular formula is C21H20ClN3O4. The molecule has 2 fully saturated rings. The first kappa shape index (κ1) is 18.3. The molecule has 3 aromatic rings. The van der Waals surface area contributed by atoms with Gasteiger partial charge in [0.15, 0.2) is 0 Å². The second kappa shape index (κ2) is 6.93. The number of aromatic amines is 1. The maximum absolute atomic E-state index is 11.5. The van der Waals surface area contributed by atoms with Gasteiger partial charge in [-0.05, 0) is 30.7 Å². The van der Waals surface area contributed by atoms with Gasteiger partial charge in [-0.25, -0.2) is 4.79 Å². The second-order valence-corrected chi connectivity index (χ2v) is 7.88. The normalized spacial score (nSPS) is 21.0. The Morgan fingerprint density at radius 2 is 2.21 bits per heavy atom. The zero-order chi connectivity index (χ0) is 20.1. The molecular weight excluding hydrogens is 394 g/mol. The number of H-pyrrole nitrogens is 1. The first-order valence-corrected chi connectivity index (χ1v) is 9.89. The van der Waals surface area contributed by atoms with Crippen molar-refractivity contribution >= 4 is 34.3 Å². The highest BCUT2D eigenvalue weighted by Crippen LogP contribution is 2.39. The van der Waals surface area contributed by atoms with Crippen molar-refractivity contribution in [2.75, 3.05) is 31.7 Å². The number of rotatable bonds is 4. The topological polar surface area (TPSA) is 87.7 Å². The van der Waals surface area contributed by atoms with Gasteiger partial charge < -0.3 is 24.5 Å². The van der Waals surface area contributed by atoms with Crippen LogP contribution in [-0.2, 0) is 4.74 Å². The van der Waals surface area contributed by atoms with E-state index in [0.717, 1.165) is 37.5 Å². The van der Waals surface area contributed by atoms with E-state index < -0.39 is 5.97 Å². The molecule has 2 aliphatic rings. The molecule has 2 unspecified atom stereocenters. The molecule has 0 bridgehead atoms. The van der Waals surface area contributed by atoms with E-state index in [2.05, 4.69) is 9.88 Å². The van der Waals surface area contributed by atoms with Gasteiger partial charge in [0.2, 0.25) is 5.88 Å². The number of carboxylic acids is 1. The minimum absolute atomic E-state index is 0.199. The van der Waals surface area contributed by atoms with Crippen molar-refractivity contribution in [2.24, 2.45) is 5.92 Å². The third-order valence-corrected chi connectivity index (χ3v) is 6.17. The summed E-state index contributed by atoms with van der Waals surface area (Å²) in [5, 5.41) is 10.5. The molecule has 0 aliphatic carbocycles. The van der Waals surface area contributed by atoms with Crippen molar-refractivity contribution in [2.45, 2.75) is 12.5 Å². The molecule has 150 valence electrons. The number of fused-ring (bicyclic) bond motifs is 2. The number of aromatic nitrogens is 2. The van der Waals surface area contributed by atoms with Crippen LogP contribution >= 0.6 is 11.6 Å². The lowest BCUT2D eigenvalue weighted by Crippen LogP contribution is -2.23. The molecule has 7 nitrogen and oxygen atoms in total. The standard InChI is InChI=1S/C21H20ClN3O4/c1-28-20-12(2-3-19(24-20)25-9-11-4-5-29-18(11)10-25)13-6-14-15(21(26)27)8-23-17(14)7-16(13)22/h2-3,6-8,11,18,23H,4-5,9-10H2,1H3,(H,26,27). The van der Waals surface area contributed by atoms with Gasteiger partial charge in [-0.2, -0.15) is 4.98 Å². The van der Waals surface area contributed by atoms with Crippen LogP contribution in [0, 0.1) is 5.92 Å². The summed E-state index contributed by atoms with van der Waals surface area (Å²) in [4.78, 5) is 21.4. The summed E-state index contributed by atoms with van der Waals surface area (Å²) in [6.45, 7) is 2.60. The average molecular weight is 414 g/mol. The fourth-order valence-electron chi connectivity index (χ4n) is 4.36. The molecule has 2 aliphatic heterocycles. The van der Waals surface area contributed by atoms with E-state index in [1.807, 2.05) is 12.1 Å². The summed E-state index contributed by atoms with van der Waals surface area (Å²) >= 11 is 6.51. The van der Waals surface area contributed by atoms with Crippen molar-refractivity contribution in [3.63, 3.8) is 0 Å². The van der Waals surface area contributed by atoms with Crippen LogP contribution in [0.3, 0.4) is 0 Å². The molecule has 1 aromatic carbocycles. The number of hydrogen-bond donors (Lipinski definition) is 2. The summed E-state index contributed by atoms with van der Waals surface area (Å²) in [5.74, 6) is 0.858. The number of nitrogens with zero attached hydrogens (tertiary/aromatic N) is 2. The van der Waals surface area contributed by atoms with Crippen LogP contribution in [0.15, 0.2) is 30.5 Å². The molecule has 0 radical (unpaired) electrons. The first-order chi connectivity index (χ1) is 14.0. The molecule has 0 amide bonds. The molecule has 2 saturated heterocycles. The van der Waals surface area contributed by atoms with Gasteiger partial charge in [0.25, 0.3) is 0 Å². The number of methoxy groups -OCH3 is 1. The number of nitrogens with one attached hydrogen (secondary N) is 1. The Morgan fingerprint density at radius 3 is 2.97 bits per heavy atom. The van der Waals surface area contributed by atoms with E-state index in [1.54, 1.807) is 19.2 Å². The van der Waals surface area contributed by atoms with E-state index in [4.69, 9.17) is 26.1 Å². The van der Waals surface area contributed by atoms with Crippen molar-refractivity contribution in [1.29, 1.82) is 0 Å². The molecule has 0 spiro atoms. The number of anilines is 1. The van der Waals surface area contributed by atoms with Crippen LogP contribution in [-0.4, -0.2) is 54.0 Å².